The highest BCUT2D eigenvalue weighted by Crippen LogP contribution is 2.45. The third-order valence-electron chi connectivity index (χ3n) is 7.58. The summed E-state index contributed by atoms with van der Waals surface area (Å²) in [6, 6.07) is 31.4. The van der Waals surface area contributed by atoms with Gasteiger partial charge < -0.3 is 19.5 Å². The maximum atomic E-state index is 13.4. The van der Waals surface area contributed by atoms with E-state index in [9.17, 15) is 4.39 Å². The van der Waals surface area contributed by atoms with Gasteiger partial charge in [-0.25, -0.2) is 4.39 Å². The summed E-state index contributed by atoms with van der Waals surface area (Å²) in [5, 5.41) is 3.46. The molecule has 1 aliphatic rings. The monoisotopic (exact) mass is 553 g/mol. The summed E-state index contributed by atoms with van der Waals surface area (Å²) in [6.07, 6.45) is -0.705. The first-order chi connectivity index (χ1) is 19.6. The van der Waals surface area contributed by atoms with E-state index in [1.54, 1.807) is 12.1 Å². The second kappa shape index (κ2) is 12.1. The molecule has 0 bridgehead atoms. The Labute approximate surface area is 243 Å². The average Bonchev–Trinajstić information content (AvgIpc) is 2.95. The molecule has 4 aromatic rings. The minimum atomic E-state index is -0.622. The van der Waals surface area contributed by atoms with E-state index in [1.807, 2.05) is 30.3 Å². The second-order valence-electron chi connectivity index (χ2n) is 12.3. The van der Waals surface area contributed by atoms with Crippen molar-refractivity contribution in [2.45, 2.75) is 77.6 Å². The number of nitrogens with one attached hydrogen (secondary N) is 1. The molecule has 1 N–H and O–H groups in total. The molecule has 0 aromatic heterocycles. The Bertz CT molecular complexity index is 1430. The first kappa shape index (κ1) is 28.8. The molecule has 0 radical (unpaired) electrons. The van der Waals surface area contributed by atoms with Gasteiger partial charge in [-0.2, -0.15) is 0 Å². The fraction of sp³-hybridized carbons (Fsp3) is 0.333. The third kappa shape index (κ3) is 7.16. The number of rotatable bonds is 9. The average molecular weight is 554 g/mol. The summed E-state index contributed by atoms with van der Waals surface area (Å²) in [4.78, 5) is 0. The lowest BCUT2D eigenvalue weighted by Crippen LogP contribution is -2.50. The molecular formula is C36H40FNO3. The van der Waals surface area contributed by atoms with Gasteiger partial charge in [-0.15, -0.1) is 0 Å². The van der Waals surface area contributed by atoms with Crippen LogP contribution in [0.15, 0.2) is 97.1 Å². The van der Waals surface area contributed by atoms with Crippen molar-refractivity contribution < 1.29 is 18.6 Å². The van der Waals surface area contributed by atoms with Crippen molar-refractivity contribution in [3.05, 3.63) is 131 Å². The summed E-state index contributed by atoms with van der Waals surface area (Å²) in [6.45, 7) is 12.2. The highest BCUT2D eigenvalue weighted by atomic mass is 19.1. The minimum Gasteiger partial charge on any atom is -0.485 e. The lowest BCUT2D eigenvalue weighted by molar-refractivity contribution is -0.170. The number of ether oxygens (including phenoxy) is 3. The molecule has 4 aromatic carbocycles. The first-order valence-electron chi connectivity index (χ1n) is 14.3. The molecule has 2 atom stereocenters. The molecule has 0 saturated carbocycles. The van der Waals surface area contributed by atoms with Crippen LogP contribution in [0.25, 0.3) is 0 Å². The molecule has 1 heterocycles. The van der Waals surface area contributed by atoms with E-state index in [1.165, 1.54) is 17.7 Å². The Morgan fingerprint density at radius 3 is 2.10 bits per heavy atom. The van der Waals surface area contributed by atoms with Gasteiger partial charge in [-0.3, -0.25) is 0 Å². The van der Waals surface area contributed by atoms with Crippen LogP contribution in [0, 0.1) is 5.82 Å². The van der Waals surface area contributed by atoms with Crippen molar-refractivity contribution in [2.24, 2.45) is 0 Å². The number of hydrogen-bond donors (Lipinski definition) is 1. The van der Waals surface area contributed by atoms with Crippen molar-refractivity contribution >= 4 is 5.69 Å². The molecule has 0 amide bonds. The van der Waals surface area contributed by atoms with Crippen molar-refractivity contribution in [3.8, 4) is 5.75 Å². The van der Waals surface area contributed by atoms with E-state index < -0.39 is 5.60 Å². The van der Waals surface area contributed by atoms with Gasteiger partial charge in [-0.05, 0) is 71.8 Å². The van der Waals surface area contributed by atoms with E-state index >= 15 is 0 Å². The van der Waals surface area contributed by atoms with Crippen LogP contribution in [-0.2, 0) is 34.6 Å². The van der Waals surface area contributed by atoms with Gasteiger partial charge >= 0.3 is 0 Å². The fourth-order valence-corrected chi connectivity index (χ4v) is 5.16. The van der Waals surface area contributed by atoms with E-state index in [0.29, 0.717) is 19.8 Å². The molecule has 1 aliphatic heterocycles. The Morgan fingerprint density at radius 2 is 1.41 bits per heavy atom. The van der Waals surface area contributed by atoms with E-state index in [-0.39, 0.29) is 23.4 Å². The number of halogens is 1. The van der Waals surface area contributed by atoms with Crippen LogP contribution in [0.4, 0.5) is 10.1 Å². The van der Waals surface area contributed by atoms with Crippen LogP contribution in [0.2, 0.25) is 0 Å². The lowest BCUT2D eigenvalue weighted by Gasteiger charge is -2.44. The number of benzene rings is 4. The SMILES string of the molecule is CC(C)(C)c1ccc(COC2C(OCc3ccccc3)c3cc(NCc4ccc(F)cc4)ccc3OC2(C)C)cc1. The molecule has 0 fully saturated rings. The molecule has 0 saturated heterocycles. The predicted octanol–water partition coefficient (Wildman–Crippen LogP) is 8.75. The summed E-state index contributed by atoms with van der Waals surface area (Å²) in [7, 11) is 0. The third-order valence-corrected chi connectivity index (χ3v) is 7.58. The molecular weight excluding hydrogens is 513 g/mol. The highest BCUT2D eigenvalue weighted by Gasteiger charge is 2.45. The van der Waals surface area contributed by atoms with E-state index in [2.05, 4.69) is 82.4 Å². The highest BCUT2D eigenvalue weighted by molar-refractivity contribution is 5.54. The minimum absolute atomic E-state index is 0.0983. The molecule has 2 unspecified atom stereocenters. The zero-order chi connectivity index (χ0) is 29.0. The Morgan fingerprint density at radius 1 is 0.780 bits per heavy atom. The maximum absolute atomic E-state index is 13.4. The van der Waals surface area contributed by atoms with Crippen LogP contribution >= 0.6 is 0 Å². The van der Waals surface area contributed by atoms with Crippen molar-refractivity contribution in [3.63, 3.8) is 0 Å². The molecule has 214 valence electrons. The van der Waals surface area contributed by atoms with Gasteiger partial charge in [0.1, 0.15) is 29.4 Å². The van der Waals surface area contributed by atoms with Crippen molar-refractivity contribution in [1.82, 2.24) is 0 Å². The van der Waals surface area contributed by atoms with Gasteiger partial charge in [0.15, 0.2) is 0 Å². The largest absolute Gasteiger partial charge is 0.485 e. The quantitative estimate of drug-likeness (QED) is 0.225. The molecule has 5 rings (SSSR count). The molecule has 0 aliphatic carbocycles. The number of hydrogen-bond acceptors (Lipinski definition) is 4. The Kier molecular flexibility index (Phi) is 8.48. The maximum Gasteiger partial charge on any atom is 0.132 e. The molecule has 4 nitrogen and oxygen atoms in total. The number of fused-ring (bicyclic) bond motifs is 1. The zero-order valence-electron chi connectivity index (χ0n) is 24.6. The Balaban J connectivity index is 1.40. The number of anilines is 1. The molecule has 41 heavy (non-hydrogen) atoms. The first-order valence-corrected chi connectivity index (χ1v) is 14.3. The van der Waals surface area contributed by atoms with Crippen LogP contribution in [-0.4, -0.2) is 11.7 Å². The van der Waals surface area contributed by atoms with Crippen LogP contribution < -0.4 is 10.1 Å². The smallest absolute Gasteiger partial charge is 0.132 e. The summed E-state index contributed by atoms with van der Waals surface area (Å²) in [5.74, 6) is 0.548. The molecule has 0 spiro atoms. The predicted molar refractivity (Wildman–Crippen MR) is 163 cm³/mol. The Hall–Kier alpha value is -3.67. The normalized spacial score (nSPS) is 17.9. The second-order valence-corrected chi connectivity index (χ2v) is 12.3. The summed E-state index contributed by atoms with van der Waals surface area (Å²) < 4.78 is 33.2. The fourth-order valence-electron chi connectivity index (χ4n) is 5.16. The van der Waals surface area contributed by atoms with E-state index in [0.717, 1.165) is 33.7 Å². The zero-order valence-corrected chi connectivity index (χ0v) is 24.6. The van der Waals surface area contributed by atoms with Gasteiger partial charge in [0.2, 0.25) is 0 Å². The molecule has 5 heteroatoms. The van der Waals surface area contributed by atoms with Crippen LogP contribution in [0.1, 0.15) is 68.5 Å². The standard InChI is InChI=1S/C36H40FNO3/c1-35(2,3)28-15-11-27(12-16-28)24-40-34-33(39-23-26-9-7-6-8-10-26)31-21-30(19-20-32(31)41-36(34,4)5)38-22-25-13-17-29(37)18-14-25/h6-21,33-34,38H,22-24H2,1-5H3. The van der Waals surface area contributed by atoms with E-state index in [4.69, 9.17) is 14.2 Å². The van der Waals surface area contributed by atoms with Gasteiger partial charge in [0, 0.05) is 17.8 Å². The van der Waals surface area contributed by atoms with Gasteiger partial charge in [-0.1, -0.05) is 87.5 Å². The van der Waals surface area contributed by atoms with Crippen molar-refractivity contribution in [1.29, 1.82) is 0 Å². The van der Waals surface area contributed by atoms with Crippen LogP contribution in [0.5, 0.6) is 5.75 Å². The van der Waals surface area contributed by atoms with Crippen LogP contribution in [0.3, 0.4) is 0 Å². The summed E-state index contributed by atoms with van der Waals surface area (Å²) >= 11 is 0. The van der Waals surface area contributed by atoms with Gasteiger partial charge in [0.05, 0.1) is 13.2 Å². The lowest BCUT2D eigenvalue weighted by atomic mass is 9.86. The van der Waals surface area contributed by atoms with Gasteiger partial charge in [0.25, 0.3) is 0 Å². The summed E-state index contributed by atoms with van der Waals surface area (Å²) in [5.41, 5.74) is 5.85. The topological polar surface area (TPSA) is 39.7 Å². The van der Waals surface area contributed by atoms with Crippen molar-refractivity contribution in [2.75, 3.05) is 5.32 Å².